The lowest BCUT2D eigenvalue weighted by atomic mass is 9.77. The summed E-state index contributed by atoms with van der Waals surface area (Å²) >= 11 is 0. The number of aryl methyl sites for hydroxylation is 3. The van der Waals surface area contributed by atoms with Crippen molar-refractivity contribution in [2.24, 2.45) is 0 Å². The summed E-state index contributed by atoms with van der Waals surface area (Å²) in [5, 5.41) is 1.32. The summed E-state index contributed by atoms with van der Waals surface area (Å²) in [5.74, 6) is 0. The molecule has 0 amide bonds. The minimum absolute atomic E-state index is 0.0513. The number of pyridine rings is 4. The van der Waals surface area contributed by atoms with Gasteiger partial charge in [0.25, 0.3) is 0 Å². The average Bonchev–Trinajstić information content (AvgIpc) is 3.77. The van der Waals surface area contributed by atoms with Gasteiger partial charge in [0.15, 0.2) is 5.58 Å². The lowest BCUT2D eigenvalue weighted by molar-refractivity contribution is 0.512. The molecule has 0 saturated carbocycles. The smallest absolute Gasteiger partial charge is 0.161 e. The summed E-state index contributed by atoms with van der Waals surface area (Å²) in [4.78, 5) is 18.8. The molecule has 0 aliphatic rings. The number of nitrogens with zero attached hydrogens (tertiary/aromatic N) is 4. The molecule has 5 heteroatoms. The maximum Gasteiger partial charge on any atom is 0.161 e. The van der Waals surface area contributed by atoms with Crippen molar-refractivity contribution in [2.75, 3.05) is 0 Å². The Hall–Kier alpha value is -7.50. The Kier molecular flexibility index (Phi) is 9.16. The Balaban J connectivity index is 1.04. The molecule has 0 bridgehead atoms. The van der Waals surface area contributed by atoms with Gasteiger partial charge in [-0.15, -0.1) is 0 Å². The molecule has 324 valence electrons. The molecule has 0 radical (unpaired) electrons. The largest absolute Gasteiger partial charge is 0.453 e. The Morgan fingerprint density at radius 2 is 1.05 bits per heavy atom. The standard InChI is InChI=1S/C61H54N4O/c1-41-32-56(53-23-15-22-51-52-30-31-62-57(59(52)66-58(51)53)47-20-13-8-14-21-47)63-38-48(41)25-24-42-33-43(36-60(2,3)49-26-28-54(64-39-49)45-16-9-6-10-17-45)35-44(34-42)37-61(4,5)50-27-29-55(65-40-50)46-18-11-7-12-19-46/h6-23,26-35,38-40H,24-25,36-37H2,1-5H3/i1D3,24D2,25D2,31D. The van der Waals surface area contributed by atoms with Gasteiger partial charge in [-0.3, -0.25) is 19.9 Å². The van der Waals surface area contributed by atoms with Crippen molar-refractivity contribution in [3.63, 3.8) is 0 Å². The molecule has 10 rings (SSSR count). The van der Waals surface area contributed by atoms with E-state index in [2.05, 4.69) is 55.9 Å². The van der Waals surface area contributed by atoms with E-state index in [0.29, 0.717) is 46.0 Å². The third kappa shape index (κ3) is 8.82. The van der Waals surface area contributed by atoms with E-state index < -0.39 is 30.4 Å². The van der Waals surface area contributed by atoms with Gasteiger partial charge < -0.3 is 4.42 Å². The van der Waals surface area contributed by atoms with Gasteiger partial charge in [-0.1, -0.05) is 161 Å². The number of furan rings is 1. The van der Waals surface area contributed by atoms with Crippen molar-refractivity contribution in [1.29, 1.82) is 0 Å². The van der Waals surface area contributed by atoms with Crippen LogP contribution in [0.2, 0.25) is 0 Å². The molecule has 5 aromatic carbocycles. The highest BCUT2D eigenvalue weighted by Gasteiger charge is 2.26. The van der Waals surface area contributed by atoms with Gasteiger partial charge in [0.2, 0.25) is 0 Å². The van der Waals surface area contributed by atoms with Gasteiger partial charge in [0.1, 0.15) is 11.3 Å². The molecular formula is C61H54N4O. The first kappa shape index (κ1) is 33.9. The second kappa shape index (κ2) is 17.8. The number of benzene rings is 5. The first-order chi connectivity index (χ1) is 35.2. The predicted octanol–water partition coefficient (Wildman–Crippen LogP) is 15.0. The molecule has 0 N–H and O–H groups in total. The molecule has 5 nitrogen and oxygen atoms in total. The third-order valence-electron chi connectivity index (χ3n) is 12.5. The van der Waals surface area contributed by atoms with Crippen LogP contribution in [0.15, 0.2) is 193 Å². The number of hydrogen-bond acceptors (Lipinski definition) is 5. The predicted molar refractivity (Wildman–Crippen MR) is 272 cm³/mol. The van der Waals surface area contributed by atoms with E-state index in [1.54, 1.807) is 30.3 Å². The van der Waals surface area contributed by atoms with Crippen molar-refractivity contribution in [3.05, 3.63) is 227 Å². The topological polar surface area (TPSA) is 64.7 Å². The zero-order chi connectivity index (χ0) is 52.2. The van der Waals surface area contributed by atoms with Crippen molar-refractivity contribution < 1.29 is 15.4 Å². The summed E-state index contributed by atoms with van der Waals surface area (Å²) in [6, 6.07) is 51.4. The summed E-state index contributed by atoms with van der Waals surface area (Å²) in [7, 11) is 0. The molecule has 0 spiro atoms. The minimum Gasteiger partial charge on any atom is -0.453 e. The second-order valence-electron chi connectivity index (χ2n) is 18.2. The molecule has 0 aliphatic heterocycles. The zero-order valence-electron chi connectivity index (χ0n) is 45.4. The first-order valence-corrected chi connectivity index (χ1v) is 22.3. The fourth-order valence-corrected chi connectivity index (χ4v) is 8.92. The molecular weight excluding hydrogens is 805 g/mol. The molecule has 0 aliphatic carbocycles. The Morgan fingerprint density at radius 1 is 0.500 bits per heavy atom. The maximum atomic E-state index is 9.82. The van der Waals surface area contributed by atoms with E-state index in [1.165, 1.54) is 6.07 Å². The zero-order valence-corrected chi connectivity index (χ0v) is 37.4. The minimum atomic E-state index is -2.91. The summed E-state index contributed by atoms with van der Waals surface area (Å²) < 4.78 is 80.5. The van der Waals surface area contributed by atoms with Crippen LogP contribution in [0.25, 0.3) is 67.0 Å². The van der Waals surface area contributed by atoms with E-state index in [0.717, 1.165) is 56.5 Å². The van der Waals surface area contributed by atoms with Crippen molar-refractivity contribution in [1.82, 2.24) is 19.9 Å². The molecule has 66 heavy (non-hydrogen) atoms. The SMILES string of the molecule is [2H]c1cc2c(oc3c(-c4cc(C([2H])([2H])[2H])c(C([2H])([2H])C([2H])([2H])c5cc(CC(C)(C)c6ccc(-c7ccccc7)nc6)cc(CC(C)(C)c6ccc(-c7ccccc7)nc6)c5)cn4)cccc32)c(-c2ccccc2)n1. The van der Waals surface area contributed by atoms with Crippen LogP contribution in [0.1, 0.15) is 77.6 Å². The van der Waals surface area contributed by atoms with E-state index in [-0.39, 0.29) is 28.6 Å². The van der Waals surface area contributed by atoms with E-state index in [1.807, 2.05) is 122 Å². The number of hydrogen-bond donors (Lipinski definition) is 0. The summed E-state index contributed by atoms with van der Waals surface area (Å²) in [6.45, 7) is 5.58. The van der Waals surface area contributed by atoms with Crippen molar-refractivity contribution in [2.45, 2.75) is 71.0 Å². The Labute approximate surface area is 399 Å². The average molecular weight is 867 g/mol. The van der Waals surface area contributed by atoms with Gasteiger partial charge >= 0.3 is 0 Å². The van der Waals surface area contributed by atoms with Crippen molar-refractivity contribution in [3.8, 4) is 45.0 Å². The van der Waals surface area contributed by atoms with Gasteiger partial charge in [-0.2, -0.15) is 0 Å². The normalized spacial score (nSPS) is 14.4. The third-order valence-corrected chi connectivity index (χ3v) is 12.5. The van der Waals surface area contributed by atoms with Crippen LogP contribution in [-0.4, -0.2) is 19.9 Å². The number of fused-ring (bicyclic) bond motifs is 3. The molecule has 0 atom stereocenters. The fraction of sp³-hybridized carbons (Fsp3) is 0.180. The van der Waals surface area contributed by atoms with E-state index in [9.17, 15) is 5.48 Å². The highest BCUT2D eigenvalue weighted by Crippen LogP contribution is 2.39. The van der Waals surface area contributed by atoms with Crippen LogP contribution >= 0.6 is 0 Å². The maximum absolute atomic E-state index is 9.82. The highest BCUT2D eigenvalue weighted by molar-refractivity contribution is 6.12. The van der Waals surface area contributed by atoms with Crippen molar-refractivity contribution >= 4 is 21.9 Å². The highest BCUT2D eigenvalue weighted by atomic mass is 16.3. The van der Waals surface area contributed by atoms with Gasteiger partial charge in [0.05, 0.1) is 18.5 Å². The lowest BCUT2D eigenvalue weighted by Crippen LogP contribution is -2.23. The number of aromatic nitrogens is 4. The number of para-hydroxylation sites is 1. The monoisotopic (exact) mass is 866 g/mol. The Bertz CT molecular complexity index is 3540. The quantitative estimate of drug-likeness (QED) is 0.115. The molecule has 0 saturated heterocycles. The van der Waals surface area contributed by atoms with Gasteiger partial charge in [-0.05, 0) is 113 Å². The lowest BCUT2D eigenvalue weighted by Gasteiger charge is -2.28. The van der Waals surface area contributed by atoms with Crippen LogP contribution < -0.4 is 0 Å². The first-order valence-electron chi connectivity index (χ1n) is 26.3. The van der Waals surface area contributed by atoms with Gasteiger partial charge in [-0.25, -0.2) is 0 Å². The van der Waals surface area contributed by atoms with Crippen LogP contribution in [0.4, 0.5) is 0 Å². The van der Waals surface area contributed by atoms with Crippen LogP contribution in [0, 0.1) is 6.85 Å². The van der Waals surface area contributed by atoms with E-state index in [4.69, 9.17) is 19.9 Å². The molecule has 10 aromatic rings. The van der Waals surface area contributed by atoms with Crippen LogP contribution in [0.5, 0.6) is 0 Å². The van der Waals surface area contributed by atoms with Crippen LogP contribution in [0.3, 0.4) is 0 Å². The molecule has 0 unspecified atom stereocenters. The fourth-order valence-electron chi connectivity index (χ4n) is 8.92. The molecule has 0 fully saturated rings. The van der Waals surface area contributed by atoms with E-state index >= 15 is 0 Å². The summed E-state index contributed by atoms with van der Waals surface area (Å²) in [5.41, 5.74) is 8.32. The van der Waals surface area contributed by atoms with Crippen LogP contribution in [-0.2, 0) is 36.4 Å². The number of rotatable bonds is 13. The second-order valence-corrected chi connectivity index (χ2v) is 18.2. The van der Waals surface area contributed by atoms with Gasteiger partial charge in [0, 0.05) is 67.4 Å². The Morgan fingerprint density at radius 3 is 1.61 bits per heavy atom. The molecule has 5 aromatic heterocycles. The summed E-state index contributed by atoms with van der Waals surface area (Å²) in [6.07, 6.45) is 0.208. The molecule has 5 heterocycles.